The number of benzene rings is 2. The standard InChI is InChI=1S/C16H16N2O6S/c1-11(12-5-6-15-16(9-12)24-8-7-23-15)17-25(21,22)14-4-2-3-13(10-14)18(19)20/h2-6,9-11,17H,7-8H2,1H3/t11-/m1/s1. The number of non-ortho nitro benzene ring substituents is 1. The predicted octanol–water partition coefficient (Wildman–Crippen LogP) is 2.41. The third-order valence-corrected chi connectivity index (χ3v) is 5.28. The number of nitrogens with zero attached hydrogens (tertiary/aromatic N) is 1. The molecule has 0 spiro atoms. The van der Waals surface area contributed by atoms with Crippen LogP contribution in [-0.2, 0) is 10.0 Å². The Bertz CT molecular complexity index is 913. The lowest BCUT2D eigenvalue weighted by molar-refractivity contribution is -0.385. The van der Waals surface area contributed by atoms with Crippen molar-refractivity contribution < 1.29 is 22.8 Å². The minimum Gasteiger partial charge on any atom is -0.486 e. The van der Waals surface area contributed by atoms with Gasteiger partial charge in [0.1, 0.15) is 13.2 Å². The maximum absolute atomic E-state index is 12.5. The van der Waals surface area contributed by atoms with Crippen LogP contribution in [0, 0.1) is 10.1 Å². The molecule has 0 bridgehead atoms. The number of hydrogen-bond donors (Lipinski definition) is 1. The summed E-state index contributed by atoms with van der Waals surface area (Å²) in [6.07, 6.45) is 0. The van der Waals surface area contributed by atoms with Crippen LogP contribution >= 0.6 is 0 Å². The Kier molecular flexibility index (Phi) is 4.60. The van der Waals surface area contributed by atoms with Crippen LogP contribution in [0.5, 0.6) is 11.5 Å². The molecule has 132 valence electrons. The molecule has 25 heavy (non-hydrogen) atoms. The minimum atomic E-state index is -3.91. The summed E-state index contributed by atoms with van der Waals surface area (Å²) in [6, 6.07) is 9.54. The van der Waals surface area contributed by atoms with Gasteiger partial charge in [-0.05, 0) is 30.7 Å². The lowest BCUT2D eigenvalue weighted by Gasteiger charge is -2.21. The first-order valence-corrected chi connectivity index (χ1v) is 9.01. The zero-order chi connectivity index (χ0) is 18.0. The van der Waals surface area contributed by atoms with E-state index in [1.54, 1.807) is 25.1 Å². The summed E-state index contributed by atoms with van der Waals surface area (Å²) in [5.41, 5.74) is 0.410. The maximum atomic E-state index is 12.5. The molecule has 0 saturated heterocycles. The van der Waals surface area contributed by atoms with E-state index in [0.717, 1.165) is 6.07 Å². The highest BCUT2D eigenvalue weighted by atomic mass is 32.2. The van der Waals surface area contributed by atoms with Gasteiger partial charge in [0, 0.05) is 18.2 Å². The average molecular weight is 364 g/mol. The van der Waals surface area contributed by atoms with Gasteiger partial charge in [0.15, 0.2) is 11.5 Å². The van der Waals surface area contributed by atoms with E-state index in [1.165, 1.54) is 18.2 Å². The summed E-state index contributed by atoms with van der Waals surface area (Å²) in [4.78, 5) is 10.0. The molecule has 2 aromatic rings. The van der Waals surface area contributed by atoms with Gasteiger partial charge in [-0.3, -0.25) is 10.1 Å². The second kappa shape index (κ2) is 6.69. The SMILES string of the molecule is C[C@@H](NS(=O)(=O)c1cccc([N+](=O)[O-])c1)c1ccc2c(c1)OCCO2. The van der Waals surface area contributed by atoms with Gasteiger partial charge >= 0.3 is 0 Å². The number of nitro groups is 1. The smallest absolute Gasteiger partial charge is 0.270 e. The van der Waals surface area contributed by atoms with Crippen LogP contribution in [0.25, 0.3) is 0 Å². The van der Waals surface area contributed by atoms with E-state index in [2.05, 4.69) is 4.72 Å². The number of ether oxygens (including phenoxy) is 2. The molecular formula is C16H16N2O6S. The molecule has 1 aliphatic heterocycles. The van der Waals surface area contributed by atoms with Crippen molar-refractivity contribution in [2.75, 3.05) is 13.2 Å². The lowest BCUT2D eigenvalue weighted by atomic mass is 10.1. The molecular weight excluding hydrogens is 348 g/mol. The summed E-state index contributed by atoms with van der Waals surface area (Å²) in [5.74, 6) is 1.17. The monoisotopic (exact) mass is 364 g/mol. The second-order valence-corrected chi connectivity index (χ2v) is 7.21. The third-order valence-electron chi connectivity index (χ3n) is 3.74. The number of rotatable bonds is 5. The summed E-state index contributed by atoms with van der Waals surface area (Å²) in [7, 11) is -3.91. The van der Waals surface area contributed by atoms with Gasteiger partial charge in [-0.15, -0.1) is 0 Å². The zero-order valence-corrected chi connectivity index (χ0v) is 14.2. The predicted molar refractivity (Wildman–Crippen MR) is 89.3 cm³/mol. The van der Waals surface area contributed by atoms with E-state index in [1.807, 2.05) is 0 Å². The molecule has 0 unspecified atom stereocenters. The molecule has 0 radical (unpaired) electrons. The van der Waals surface area contributed by atoms with E-state index in [-0.39, 0.29) is 10.6 Å². The Hall–Kier alpha value is -2.65. The Balaban J connectivity index is 1.83. The molecule has 1 aliphatic rings. The molecule has 9 heteroatoms. The Morgan fingerprint density at radius 1 is 1.12 bits per heavy atom. The normalized spacial score (nSPS) is 14.8. The number of sulfonamides is 1. The molecule has 0 fully saturated rings. The van der Waals surface area contributed by atoms with Gasteiger partial charge in [-0.25, -0.2) is 13.1 Å². The van der Waals surface area contributed by atoms with Gasteiger partial charge in [0.25, 0.3) is 5.69 Å². The van der Waals surface area contributed by atoms with Crippen LogP contribution in [0.2, 0.25) is 0 Å². The fraction of sp³-hybridized carbons (Fsp3) is 0.250. The van der Waals surface area contributed by atoms with Crippen molar-refractivity contribution in [2.24, 2.45) is 0 Å². The Morgan fingerprint density at radius 3 is 2.56 bits per heavy atom. The maximum Gasteiger partial charge on any atom is 0.270 e. The van der Waals surface area contributed by atoms with Gasteiger partial charge in [0.05, 0.1) is 9.82 Å². The zero-order valence-electron chi connectivity index (χ0n) is 13.3. The van der Waals surface area contributed by atoms with Gasteiger partial charge in [0.2, 0.25) is 10.0 Å². The summed E-state index contributed by atoms with van der Waals surface area (Å²) < 4.78 is 38.4. The van der Waals surface area contributed by atoms with Crippen LogP contribution < -0.4 is 14.2 Å². The fourth-order valence-electron chi connectivity index (χ4n) is 2.46. The molecule has 0 aliphatic carbocycles. The first-order chi connectivity index (χ1) is 11.9. The summed E-state index contributed by atoms with van der Waals surface area (Å²) in [5, 5.41) is 10.8. The highest BCUT2D eigenvalue weighted by Crippen LogP contribution is 2.33. The van der Waals surface area contributed by atoms with Crippen LogP contribution in [0.15, 0.2) is 47.4 Å². The lowest BCUT2D eigenvalue weighted by Crippen LogP contribution is -2.27. The first-order valence-electron chi connectivity index (χ1n) is 7.53. The Morgan fingerprint density at radius 2 is 1.84 bits per heavy atom. The molecule has 1 heterocycles. The second-order valence-electron chi connectivity index (χ2n) is 5.50. The van der Waals surface area contributed by atoms with Gasteiger partial charge < -0.3 is 9.47 Å². The molecule has 0 aromatic heterocycles. The van der Waals surface area contributed by atoms with Gasteiger partial charge in [-0.1, -0.05) is 12.1 Å². The van der Waals surface area contributed by atoms with Crippen LogP contribution in [-0.4, -0.2) is 26.6 Å². The highest BCUT2D eigenvalue weighted by Gasteiger charge is 2.22. The molecule has 0 amide bonds. The molecule has 2 aromatic carbocycles. The number of nitrogens with one attached hydrogen (secondary N) is 1. The summed E-state index contributed by atoms with van der Waals surface area (Å²) in [6.45, 7) is 2.59. The number of fused-ring (bicyclic) bond motifs is 1. The average Bonchev–Trinajstić information content (AvgIpc) is 2.61. The molecule has 1 N–H and O–H groups in total. The molecule has 8 nitrogen and oxygen atoms in total. The van der Waals surface area contributed by atoms with Crippen LogP contribution in [0.3, 0.4) is 0 Å². The molecule has 0 saturated carbocycles. The van der Waals surface area contributed by atoms with Crippen molar-refractivity contribution in [1.82, 2.24) is 4.72 Å². The molecule has 3 rings (SSSR count). The highest BCUT2D eigenvalue weighted by molar-refractivity contribution is 7.89. The van der Waals surface area contributed by atoms with E-state index < -0.39 is 21.0 Å². The van der Waals surface area contributed by atoms with Crippen LogP contribution in [0.4, 0.5) is 5.69 Å². The van der Waals surface area contributed by atoms with Crippen molar-refractivity contribution in [3.05, 3.63) is 58.1 Å². The topological polar surface area (TPSA) is 108 Å². The van der Waals surface area contributed by atoms with Crippen molar-refractivity contribution >= 4 is 15.7 Å². The van der Waals surface area contributed by atoms with Crippen molar-refractivity contribution in [3.8, 4) is 11.5 Å². The Labute approximate surface area is 144 Å². The van der Waals surface area contributed by atoms with E-state index in [0.29, 0.717) is 30.3 Å². The van der Waals surface area contributed by atoms with Crippen molar-refractivity contribution in [1.29, 1.82) is 0 Å². The third kappa shape index (κ3) is 3.72. The minimum absolute atomic E-state index is 0.161. The largest absolute Gasteiger partial charge is 0.486 e. The van der Waals surface area contributed by atoms with E-state index >= 15 is 0 Å². The first kappa shape index (κ1) is 17.2. The molecule has 1 atom stereocenters. The van der Waals surface area contributed by atoms with Crippen molar-refractivity contribution in [2.45, 2.75) is 17.9 Å². The number of hydrogen-bond acceptors (Lipinski definition) is 6. The van der Waals surface area contributed by atoms with Gasteiger partial charge in [-0.2, -0.15) is 0 Å². The fourth-order valence-corrected chi connectivity index (χ4v) is 3.73. The summed E-state index contributed by atoms with van der Waals surface area (Å²) >= 11 is 0. The van der Waals surface area contributed by atoms with Crippen LogP contribution in [0.1, 0.15) is 18.5 Å². The quantitative estimate of drug-likeness (QED) is 0.645. The number of nitro benzene ring substituents is 1. The van der Waals surface area contributed by atoms with E-state index in [9.17, 15) is 18.5 Å². The van der Waals surface area contributed by atoms with Crippen molar-refractivity contribution in [3.63, 3.8) is 0 Å². The van der Waals surface area contributed by atoms with E-state index in [4.69, 9.17) is 9.47 Å².